The molecule has 1 unspecified atom stereocenters. The second kappa shape index (κ2) is 15.0. The van der Waals surface area contributed by atoms with Gasteiger partial charge in [-0.1, -0.05) is 39.8 Å². The number of ether oxygens (including phenoxy) is 1. The number of phenols is 2. The summed E-state index contributed by atoms with van der Waals surface area (Å²) in [5.74, 6) is -1.95. The fraction of sp³-hybridized carbons (Fsp3) is 0.467. The molecule has 2 aromatic carbocycles. The highest BCUT2D eigenvalue weighted by Gasteiger charge is 2.38. The molecule has 2 amide bonds. The minimum Gasteiger partial charge on any atom is -0.508 e. The Labute approximate surface area is 251 Å². The van der Waals surface area contributed by atoms with Crippen LogP contribution in [-0.2, 0) is 20.8 Å². The van der Waals surface area contributed by atoms with E-state index in [1.54, 1.807) is 38.1 Å². The molecule has 1 heterocycles. The number of ketones is 1. The number of halogens is 1. The van der Waals surface area contributed by atoms with Crippen molar-refractivity contribution in [3.05, 3.63) is 53.6 Å². The Hall–Kier alpha value is -3.44. The molecule has 0 saturated carbocycles. The van der Waals surface area contributed by atoms with Gasteiger partial charge in [-0.3, -0.25) is 14.4 Å². The smallest absolute Gasteiger partial charge is 0.334 e. The third-order valence-electron chi connectivity index (χ3n) is 7.12. The highest BCUT2D eigenvalue weighted by atomic mass is 79.9. The predicted octanol–water partition coefficient (Wildman–Crippen LogP) is 3.51. The van der Waals surface area contributed by atoms with E-state index in [0.717, 1.165) is 5.56 Å². The van der Waals surface area contributed by atoms with Gasteiger partial charge in [0.15, 0.2) is 5.78 Å². The monoisotopic (exact) mass is 633 g/mol. The molecule has 3 atom stereocenters. The number of nitrogens with one attached hydrogen (secondary N) is 1. The van der Waals surface area contributed by atoms with Crippen molar-refractivity contribution in [2.45, 2.75) is 71.5 Å². The number of carbonyl (C=O) groups is 4. The lowest BCUT2D eigenvalue weighted by atomic mass is 10.0. The maximum Gasteiger partial charge on any atom is 0.334 e. The Morgan fingerprint density at radius 3 is 2.29 bits per heavy atom. The molecule has 10 nitrogen and oxygen atoms in total. The number of amides is 2. The van der Waals surface area contributed by atoms with Gasteiger partial charge in [0, 0.05) is 13.0 Å². The molecule has 0 radical (unpaired) electrons. The van der Waals surface area contributed by atoms with Crippen LogP contribution in [0.15, 0.2) is 42.5 Å². The molecule has 41 heavy (non-hydrogen) atoms. The number of nitrogens with two attached hydrogens (primary N) is 1. The Kier molecular flexibility index (Phi) is 12.3. The van der Waals surface area contributed by atoms with E-state index >= 15 is 0 Å². The van der Waals surface area contributed by atoms with Crippen LogP contribution in [0.25, 0.3) is 0 Å². The van der Waals surface area contributed by atoms with Crippen LogP contribution in [0, 0.1) is 11.8 Å². The number of carbonyl (C=O) groups excluding carboxylic acids is 4. The maximum atomic E-state index is 13.1. The molecule has 1 aliphatic rings. The SMILES string of the molecule is Br.CC(C)C(N)C(=O)N1CCC[C@H]1C(=O)N[C@H](C(=O)Oc1ccc(CCC(=O)c2cc(O)ccc2O)cc1)C(C)C. The summed E-state index contributed by atoms with van der Waals surface area (Å²) in [5.41, 5.74) is 6.90. The number of rotatable bonds is 11. The second-order valence-corrected chi connectivity index (χ2v) is 10.9. The van der Waals surface area contributed by atoms with E-state index in [1.165, 1.54) is 23.1 Å². The topological polar surface area (TPSA) is 159 Å². The van der Waals surface area contributed by atoms with Gasteiger partial charge in [-0.2, -0.15) is 0 Å². The standard InChI is InChI=1S/C30H39N3O7.BrH/c1-17(2)26(31)29(38)33-15-5-6-23(33)28(37)32-27(18(3)4)30(39)40-21-11-7-19(8-12-21)9-13-24(35)22-16-20(34)10-14-25(22)36;/h7-8,10-12,14,16-18,23,26-27,34,36H,5-6,9,13,15,31H2,1-4H3,(H,32,37);1H/t23-,26?,27-;/m0./s1. The van der Waals surface area contributed by atoms with Crippen molar-refractivity contribution < 1.29 is 34.1 Å². The van der Waals surface area contributed by atoms with Crippen LogP contribution in [0.2, 0.25) is 0 Å². The van der Waals surface area contributed by atoms with E-state index in [0.29, 0.717) is 25.8 Å². The molecule has 1 fully saturated rings. The molecule has 0 bridgehead atoms. The zero-order chi connectivity index (χ0) is 29.6. The number of aromatic hydroxyl groups is 2. The van der Waals surface area contributed by atoms with Crippen molar-refractivity contribution in [1.29, 1.82) is 0 Å². The van der Waals surface area contributed by atoms with Gasteiger partial charge in [0.25, 0.3) is 0 Å². The van der Waals surface area contributed by atoms with E-state index in [9.17, 15) is 29.4 Å². The number of likely N-dealkylation sites (tertiary alicyclic amines) is 1. The fourth-order valence-corrected chi connectivity index (χ4v) is 4.57. The fourth-order valence-electron chi connectivity index (χ4n) is 4.57. The van der Waals surface area contributed by atoms with Crippen molar-refractivity contribution >= 4 is 40.5 Å². The second-order valence-electron chi connectivity index (χ2n) is 10.9. The number of hydrogen-bond acceptors (Lipinski definition) is 8. The number of Topliss-reactive ketones (excluding diaryl/α,β-unsaturated/α-hetero) is 1. The largest absolute Gasteiger partial charge is 0.508 e. The molecular weight excluding hydrogens is 594 g/mol. The van der Waals surface area contributed by atoms with Crippen molar-refractivity contribution in [3.8, 4) is 17.2 Å². The molecule has 11 heteroatoms. The average molecular weight is 635 g/mol. The van der Waals surface area contributed by atoms with E-state index in [4.69, 9.17) is 10.5 Å². The predicted molar refractivity (Wildman–Crippen MR) is 159 cm³/mol. The van der Waals surface area contributed by atoms with Crippen LogP contribution >= 0.6 is 17.0 Å². The van der Waals surface area contributed by atoms with Gasteiger partial charge in [-0.25, -0.2) is 4.79 Å². The molecule has 224 valence electrons. The summed E-state index contributed by atoms with van der Waals surface area (Å²) in [6, 6.07) is 8.15. The Morgan fingerprint density at radius 2 is 1.68 bits per heavy atom. The average Bonchev–Trinajstić information content (AvgIpc) is 3.41. The Morgan fingerprint density at radius 1 is 1.02 bits per heavy atom. The van der Waals surface area contributed by atoms with Crippen molar-refractivity contribution in [3.63, 3.8) is 0 Å². The zero-order valence-electron chi connectivity index (χ0n) is 23.8. The first-order valence-corrected chi connectivity index (χ1v) is 13.6. The van der Waals surface area contributed by atoms with Gasteiger partial charge in [-0.15, -0.1) is 17.0 Å². The van der Waals surface area contributed by atoms with Crippen molar-refractivity contribution in [2.75, 3.05) is 6.54 Å². The van der Waals surface area contributed by atoms with E-state index in [-0.39, 0.29) is 69.7 Å². The lowest BCUT2D eigenvalue weighted by molar-refractivity contribution is -0.143. The van der Waals surface area contributed by atoms with Crippen LogP contribution in [0.3, 0.4) is 0 Å². The first-order chi connectivity index (χ1) is 18.9. The molecule has 0 aliphatic carbocycles. The van der Waals surface area contributed by atoms with Crippen LogP contribution in [0.4, 0.5) is 0 Å². The Bertz CT molecular complexity index is 1230. The van der Waals surface area contributed by atoms with Crippen LogP contribution in [0.5, 0.6) is 17.2 Å². The highest BCUT2D eigenvalue weighted by Crippen LogP contribution is 2.25. The summed E-state index contributed by atoms with van der Waals surface area (Å²) in [6.07, 6.45) is 1.67. The molecule has 2 aromatic rings. The van der Waals surface area contributed by atoms with E-state index < -0.39 is 30.0 Å². The van der Waals surface area contributed by atoms with Crippen LogP contribution in [-0.4, -0.2) is 63.4 Å². The van der Waals surface area contributed by atoms with Gasteiger partial charge in [0.2, 0.25) is 11.8 Å². The number of benzene rings is 2. The number of hydrogen-bond donors (Lipinski definition) is 4. The minimum absolute atomic E-state index is 0. The lowest BCUT2D eigenvalue weighted by Crippen LogP contribution is -2.56. The molecule has 3 rings (SSSR count). The van der Waals surface area contributed by atoms with Crippen molar-refractivity contribution in [1.82, 2.24) is 10.2 Å². The number of aryl methyl sites for hydroxylation is 1. The maximum absolute atomic E-state index is 13.1. The molecular formula is C30H40BrN3O7. The van der Waals surface area contributed by atoms with Gasteiger partial charge in [0.05, 0.1) is 11.6 Å². The van der Waals surface area contributed by atoms with Gasteiger partial charge >= 0.3 is 5.97 Å². The first kappa shape index (κ1) is 33.8. The van der Waals surface area contributed by atoms with E-state index in [2.05, 4.69) is 5.32 Å². The third kappa shape index (κ3) is 8.77. The van der Waals surface area contributed by atoms with Gasteiger partial charge < -0.3 is 30.9 Å². The van der Waals surface area contributed by atoms with Crippen LogP contribution in [0.1, 0.15) is 62.9 Å². The highest BCUT2D eigenvalue weighted by molar-refractivity contribution is 8.93. The summed E-state index contributed by atoms with van der Waals surface area (Å²) in [4.78, 5) is 52.9. The Balaban J connectivity index is 0.00000588. The molecule has 0 spiro atoms. The molecule has 0 aromatic heterocycles. The number of nitrogens with zero attached hydrogens (tertiary/aromatic N) is 1. The summed E-state index contributed by atoms with van der Waals surface area (Å²) in [6.45, 7) is 7.74. The number of phenolic OH excluding ortho intramolecular Hbond substituents is 2. The summed E-state index contributed by atoms with van der Waals surface area (Å²) in [7, 11) is 0. The van der Waals surface area contributed by atoms with Gasteiger partial charge in [0.1, 0.15) is 29.3 Å². The molecule has 1 saturated heterocycles. The van der Waals surface area contributed by atoms with Gasteiger partial charge in [-0.05, 0) is 67.0 Å². The number of esters is 1. The van der Waals surface area contributed by atoms with E-state index in [1.807, 2.05) is 13.8 Å². The van der Waals surface area contributed by atoms with Crippen molar-refractivity contribution in [2.24, 2.45) is 17.6 Å². The third-order valence-corrected chi connectivity index (χ3v) is 7.12. The summed E-state index contributed by atoms with van der Waals surface area (Å²) >= 11 is 0. The molecule has 1 aliphatic heterocycles. The first-order valence-electron chi connectivity index (χ1n) is 13.6. The summed E-state index contributed by atoms with van der Waals surface area (Å²) < 4.78 is 5.54. The normalized spacial score (nSPS) is 16.2. The minimum atomic E-state index is -0.920. The summed E-state index contributed by atoms with van der Waals surface area (Å²) in [5, 5.41) is 22.2. The lowest BCUT2D eigenvalue weighted by Gasteiger charge is -2.29. The van der Waals surface area contributed by atoms with Crippen LogP contribution < -0.4 is 15.8 Å². The quantitative estimate of drug-likeness (QED) is 0.127. The molecule has 5 N–H and O–H groups in total. The zero-order valence-corrected chi connectivity index (χ0v) is 25.5.